The second-order valence-electron chi connectivity index (χ2n) is 5.90. The molecule has 26 heavy (non-hydrogen) atoms. The van der Waals surface area contributed by atoms with Crippen molar-refractivity contribution in [2.75, 3.05) is 19.5 Å². The zero-order chi connectivity index (χ0) is 18.1. The smallest absolute Gasteiger partial charge is 0.251 e. The summed E-state index contributed by atoms with van der Waals surface area (Å²) in [7, 11) is 1.61. The fourth-order valence-electron chi connectivity index (χ4n) is 2.93. The van der Waals surface area contributed by atoms with Crippen molar-refractivity contribution in [2.45, 2.75) is 6.54 Å². The molecule has 8 heteroatoms. The van der Waals surface area contributed by atoms with Gasteiger partial charge in [-0.2, -0.15) is 5.10 Å². The number of rotatable bonds is 5. The highest BCUT2D eigenvalue weighted by atomic mass is 16.5. The summed E-state index contributed by atoms with van der Waals surface area (Å²) in [5.74, 6) is 0.334. The molecular formula is C18H18N6O2. The van der Waals surface area contributed by atoms with Crippen molar-refractivity contribution in [1.82, 2.24) is 24.3 Å². The molecule has 8 nitrogen and oxygen atoms in total. The molecule has 0 fully saturated rings. The highest BCUT2D eigenvalue weighted by Gasteiger charge is 2.12. The molecule has 0 aliphatic carbocycles. The van der Waals surface area contributed by atoms with Crippen LogP contribution >= 0.6 is 0 Å². The van der Waals surface area contributed by atoms with Crippen LogP contribution in [0.2, 0.25) is 0 Å². The molecule has 0 bridgehead atoms. The van der Waals surface area contributed by atoms with Gasteiger partial charge in [0, 0.05) is 38.3 Å². The molecule has 0 spiro atoms. The number of fused-ring (bicyclic) bond motifs is 1. The van der Waals surface area contributed by atoms with Gasteiger partial charge < -0.3 is 20.0 Å². The fourth-order valence-corrected chi connectivity index (χ4v) is 2.93. The average molecular weight is 350 g/mol. The van der Waals surface area contributed by atoms with Crippen LogP contribution in [0.15, 0.2) is 53.7 Å². The van der Waals surface area contributed by atoms with E-state index in [1.807, 2.05) is 30.5 Å². The Hall–Kier alpha value is -3.39. The van der Waals surface area contributed by atoms with Crippen LogP contribution in [0.1, 0.15) is 0 Å². The van der Waals surface area contributed by atoms with Crippen molar-refractivity contribution in [3.63, 3.8) is 0 Å². The van der Waals surface area contributed by atoms with Crippen LogP contribution in [-0.2, 0) is 11.3 Å². The maximum atomic E-state index is 12.3. The number of aromatic amines is 1. The second kappa shape index (κ2) is 6.49. The standard InChI is InChI=1S/C18H18N6O2/c1-26-8-7-23-6-3-12(11-16(23)25)13-9-14-17(22-18(19)21-14)15(10-13)24-5-2-4-20-24/h2-6,9-11H,7-8H2,1H3,(H3,19,21,22). The summed E-state index contributed by atoms with van der Waals surface area (Å²) < 4.78 is 8.39. The van der Waals surface area contributed by atoms with E-state index in [1.54, 1.807) is 34.8 Å². The van der Waals surface area contributed by atoms with Crippen molar-refractivity contribution in [3.8, 4) is 16.8 Å². The lowest BCUT2D eigenvalue weighted by molar-refractivity contribution is 0.186. The number of nitrogens with zero attached hydrogens (tertiary/aromatic N) is 4. The number of nitrogens with one attached hydrogen (secondary N) is 1. The third-order valence-corrected chi connectivity index (χ3v) is 4.21. The number of hydrogen-bond donors (Lipinski definition) is 2. The number of benzene rings is 1. The summed E-state index contributed by atoms with van der Waals surface area (Å²) in [6.45, 7) is 1.00. The summed E-state index contributed by atoms with van der Waals surface area (Å²) in [6, 6.07) is 9.22. The minimum Gasteiger partial charge on any atom is -0.383 e. The number of methoxy groups -OCH3 is 1. The summed E-state index contributed by atoms with van der Waals surface area (Å²) >= 11 is 0. The average Bonchev–Trinajstić information content (AvgIpc) is 3.28. The normalized spacial score (nSPS) is 11.3. The summed E-state index contributed by atoms with van der Waals surface area (Å²) in [6.07, 6.45) is 5.32. The third-order valence-electron chi connectivity index (χ3n) is 4.21. The Morgan fingerprint density at radius 3 is 2.85 bits per heavy atom. The highest BCUT2D eigenvalue weighted by molar-refractivity contribution is 5.90. The summed E-state index contributed by atoms with van der Waals surface area (Å²) in [5, 5.41) is 4.29. The van der Waals surface area contributed by atoms with E-state index in [1.165, 1.54) is 0 Å². The Morgan fingerprint density at radius 2 is 2.12 bits per heavy atom. The van der Waals surface area contributed by atoms with E-state index in [2.05, 4.69) is 15.1 Å². The van der Waals surface area contributed by atoms with Gasteiger partial charge >= 0.3 is 0 Å². The van der Waals surface area contributed by atoms with Gasteiger partial charge in [-0.1, -0.05) is 0 Å². The Labute approximate surface area is 148 Å². The van der Waals surface area contributed by atoms with Gasteiger partial charge in [-0.3, -0.25) is 4.79 Å². The van der Waals surface area contributed by atoms with Crippen LogP contribution in [0.4, 0.5) is 5.95 Å². The Bertz CT molecular complexity index is 1110. The van der Waals surface area contributed by atoms with E-state index in [9.17, 15) is 4.79 Å². The Balaban J connectivity index is 1.84. The van der Waals surface area contributed by atoms with E-state index < -0.39 is 0 Å². The van der Waals surface area contributed by atoms with Gasteiger partial charge in [0.15, 0.2) is 5.95 Å². The Morgan fingerprint density at radius 1 is 1.23 bits per heavy atom. The molecule has 0 aliphatic rings. The number of ether oxygens (including phenoxy) is 1. The molecular weight excluding hydrogens is 332 g/mol. The van der Waals surface area contributed by atoms with E-state index >= 15 is 0 Å². The van der Waals surface area contributed by atoms with Crippen molar-refractivity contribution in [2.24, 2.45) is 0 Å². The van der Waals surface area contributed by atoms with E-state index in [0.29, 0.717) is 24.6 Å². The molecule has 0 amide bonds. The number of hydrogen-bond acceptors (Lipinski definition) is 5. The van der Waals surface area contributed by atoms with Gasteiger partial charge in [0.2, 0.25) is 0 Å². The lowest BCUT2D eigenvalue weighted by atomic mass is 10.1. The number of nitrogens with two attached hydrogens (primary N) is 1. The molecule has 4 aromatic rings. The first kappa shape index (κ1) is 16.1. The van der Waals surface area contributed by atoms with Gasteiger partial charge in [0.25, 0.3) is 5.56 Å². The molecule has 0 unspecified atom stereocenters. The quantitative estimate of drug-likeness (QED) is 0.571. The van der Waals surface area contributed by atoms with Crippen LogP contribution in [0.5, 0.6) is 0 Å². The zero-order valence-corrected chi connectivity index (χ0v) is 14.2. The summed E-state index contributed by atoms with van der Waals surface area (Å²) in [5.41, 5.74) is 9.75. The fraction of sp³-hybridized carbons (Fsp3) is 0.167. The molecule has 3 heterocycles. The van der Waals surface area contributed by atoms with Crippen molar-refractivity contribution < 1.29 is 4.74 Å². The number of H-pyrrole nitrogens is 1. The minimum atomic E-state index is -0.0816. The molecule has 0 aliphatic heterocycles. The SMILES string of the molecule is COCCn1ccc(-c2cc(-n3cccn3)c3[nH]c(N)nc3c2)cc1=O. The van der Waals surface area contributed by atoms with Gasteiger partial charge in [0.05, 0.1) is 23.3 Å². The first-order valence-corrected chi connectivity index (χ1v) is 8.15. The van der Waals surface area contributed by atoms with E-state index in [4.69, 9.17) is 10.5 Å². The topological polar surface area (TPSA) is 104 Å². The molecule has 3 N–H and O–H groups in total. The van der Waals surface area contributed by atoms with Gasteiger partial charge in [0.1, 0.15) is 0 Å². The first-order chi connectivity index (χ1) is 12.7. The van der Waals surface area contributed by atoms with Crippen LogP contribution in [0.25, 0.3) is 27.8 Å². The summed E-state index contributed by atoms with van der Waals surface area (Å²) in [4.78, 5) is 19.7. The largest absolute Gasteiger partial charge is 0.383 e. The zero-order valence-electron chi connectivity index (χ0n) is 14.2. The van der Waals surface area contributed by atoms with E-state index in [0.717, 1.165) is 22.3 Å². The number of imidazole rings is 1. The number of pyridine rings is 1. The van der Waals surface area contributed by atoms with Gasteiger partial charge in [-0.15, -0.1) is 0 Å². The van der Waals surface area contributed by atoms with Gasteiger partial charge in [-0.05, 0) is 35.4 Å². The third kappa shape index (κ3) is 2.86. The predicted octanol–water partition coefficient (Wildman–Crippen LogP) is 1.81. The minimum absolute atomic E-state index is 0.0816. The second-order valence-corrected chi connectivity index (χ2v) is 5.90. The molecule has 132 valence electrons. The number of nitrogen functional groups attached to an aromatic ring is 1. The van der Waals surface area contributed by atoms with Gasteiger partial charge in [-0.25, -0.2) is 9.67 Å². The molecule has 1 aromatic carbocycles. The molecule has 4 rings (SSSR count). The molecule has 0 saturated carbocycles. The molecule has 0 atom stereocenters. The monoisotopic (exact) mass is 350 g/mol. The van der Waals surface area contributed by atoms with Crippen LogP contribution in [0, 0.1) is 0 Å². The van der Waals surface area contributed by atoms with Crippen molar-refractivity contribution in [3.05, 3.63) is 59.3 Å². The Kier molecular flexibility index (Phi) is 4.02. The number of aromatic nitrogens is 5. The molecule has 0 radical (unpaired) electrons. The molecule has 0 saturated heterocycles. The number of anilines is 1. The van der Waals surface area contributed by atoms with Crippen molar-refractivity contribution in [1.29, 1.82) is 0 Å². The maximum absolute atomic E-state index is 12.3. The predicted molar refractivity (Wildman–Crippen MR) is 99.2 cm³/mol. The lowest BCUT2D eigenvalue weighted by Crippen LogP contribution is -2.20. The molecule has 3 aromatic heterocycles. The first-order valence-electron chi connectivity index (χ1n) is 8.15. The van der Waals surface area contributed by atoms with Crippen LogP contribution in [0.3, 0.4) is 0 Å². The lowest BCUT2D eigenvalue weighted by Gasteiger charge is -2.09. The maximum Gasteiger partial charge on any atom is 0.251 e. The van der Waals surface area contributed by atoms with Crippen LogP contribution < -0.4 is 11.3 Å². The van der Waals surface area contributed by atoms with E-state index in [-0.39, 0.29) is 5.56 Å². The van der Waals surface area contributed by atoms with Crippen molar-refractivity contribution >= 4 is 17.0 Å². The van der Waals surface area contributed by atoms with Crippen LogP contribution in [-0.4, -0.2) is 38.0 Å². The highest BCUT2D eigenvalue weighted by Crippen LogP contribution is 2.28.